The molecule has 0 spiro atoms. The fraction of sp³-hybridized carbons (Fsp3) is 0.500. The van der Waals surface area contributed by atoms with Gasteiger partial charge in [-0.15, -0.1) is 0 Å². The molecule has 0 aliphatic heterocycles. The average molecular weight is 421 g/mol. The minimum atomic E-state index is -2.69. The summed E-state index contributed by atoms with van der Waals surface area (Å²) < 4.78 is 41.8. The zero-order chi connectivity index (χ0) is 20.1. The number of hydrogen-bond donors (Lipinski definition) is 0. The van der Waals surface area contributed by atoms with Crippen molar-refractivity contribution in [3.63, 3.8) is 0 Å². The summed E-state index contributed by atoms with van der Waals surface area (Å²) in [5, 5.41) is -0.125. The van der Waals surface area contributed by atoms with Crippen molar-refractivity contribution < 1.29 is 32.1 Å². The van der Waals surface area contributed by atoms with Gasteiger partial charge in [0.05, 0.1) is 22.4 Å². The molecule has 9 heteroatoms. The number of rotatable bonds is 8. The molecule has 0 heterocycles. The van der Waals surface area contributed by atoms with Crippen LogP contribution in [0.25, 0.3) is 0 Å². The summed E-state index contributed by atoms with van der Waals surface area (Å²) in [5.41, 5.74) is 0.0804. The Morgan fingerprint density at radius 2 is 1.93 bits per heavy atom. The molecule has 1 unspecified atom stereocenters. The molecule has 2 rings (SSSR count). The van der Waals surface area contributed by atoms with Crippen molar-refractivity contribution in [2.45, 2.75) is 44.1 Å². The van der Waals surface area contributed by atoms with Gasteiger partial charge in [-0.3, -0.25) is 18.6 Å². The first-order chi connectivity index (χ1) is 12.8. The maximum absolute atomic E-state index is 12.8. The predicted molar refractivity (Wildman–Crippen MR) is 95.7 cm³/mol. The molecule has 1 saturated carbocycles. The molecule has 0 N–H and O–H groups in total. The van der Waals surface area contributed by atoms with Crippen molar-refractivity contribution in [2.24, 2.45) is 5.92 Å². The summed E-state index contributed by atoms with van der Waals surface area (Å²) in [6, 6.07) is 2.72. The van der Waals surface area contributed by atoms with Gasteiger partial charge in [-0.05, 0) is 18.6 Å². The molecule has 5 nitrogen and oxygen atoms in total. The van der Waals surface area contributed by atoms with Gasteiger partial charge in [0.15, 0.2) is 17.3 Å². The third kappa shape index (κ3) is 5.06. The third-order valence-corrected chi connectivity index (χ3v) is 6.05. The molecule has 27 heavy (non-hydrogen) atoms. The van der Waals surface area contributed by atoms with E-state index in [1.165, 1.54) is 12.1 Å². The highest BCUT2D eigenvalue weighted by Gasteiger charge is 2.37. The summed E-state index contributed by atoms with van der Waals surface area (Å²) in [4.78, 5) is 37.1. The van der Waals surface area contributed by atoms with Gasteiger partial charge in [-0.25, -0.2) is 8.78 Å². The number of Topliss-reactive ketones (excluding diaryl/α,β-unsaturated/α-hetero) is 3. The zero-order valence-corrected chi connectivity index (χ0v) is 16.2. The second-order valence-electron chi connectivity index (χ2n) is 6.03. The number of hydrogen-bond acceptors (Lipinski definition) is 5. The molecule has 1 aliphatic carbocycles. The van der Waals surface area contributed by atoms with Crippen molar-refractivity contribution in [3.05, 3.63) is 28.3 Å². The highest BCUT2D eigenvalue weighted by molar-refractivity contribution is 7.85. The molecule has 1 aromatic carbocycles. The molecule has 0 aromatic heterocycles. The SMILES string of the molecule is CCS(=O)c1ccc(C(=O)C2C(=O)CCCC2=O)c(Cl)c1COCC(F)F. The number of halogens is 3. The van der Waals surface area contributed by atoms with Crippen LogP contribution in [0.4, 0.5) is 8.78 Å². The van der Waals surface area contributed by atoms with E-state index in [1.54, 1.807) is 6.92 Å². The summed E-state index contributed by atoms with van der Waals surface area (Å²) >= 11 is 6.29. The van der Waals surface area contributed by atoms with Crippen molar-refractivity contribution in [2.75, 3.05) is 12.4 Å². The van der Waals surface area contributed by atoms with Gasteiger partial charge in [-0.2, -0.15) is 0 Å². The lowest BCUT2D eigenvalue weighted by Gasteiger charge is -2.20. The Morgan fingerprint density at radius 3 is 2.48 bits per heavy atom. The highest BCUT2D eigenvalue weighted by atomic mass is 35.5. The van der Waals surface area contributed by atoms with Crippen molar-refractivity contribution in [3.8, 4) is 0 Å². The quantitative estimate of drug-likeness (QED) is 0.476. The van der Waals surface area contributed by atoms with Gasteiger partial charge in [0, 0.05) is 34.6 Å². The van der Waals surface area contributed by atoms with Crippen LogP contribution in [0.1, 0.15) is 42.1 Å². The van der Waals surface area contributed by atoms with Crippen LogP contribution in [0.3, 0.4) is 0 Å². The zero-order valence-electron chi connectivity index (χ0n) is 14.6. The smallest absolute Gasteiger partial charge is 0.261 e. The summed E-state index contributed by atoms with van der Waals surface area (Å²) in [6.45, 7) is 0.469. The second-order valence-corrected chi connectivity index (χ2v) is 8.11. The van der Waals surface area contributed by atoms with Crippen LogP contribution in [0, 0.1) is 5.92 Å². The number of carbonyl (C=O) groups excluding carboxylic acids is 3. The highest BCUT2D eigenvalue weighted by Crippen LogP contribution is 2.31. The lowest BCUT2D eigenvalue weighted by molar-refractivity contribution is -0.133. The standard InChI is InChI=1S/C18H19ClF2O5S/c1-2-27(25)14-7-6-10(17(19)11(14)8-26-9-15(20)21)18(24)16-12(22)4-3-5-13(16)23/h6-7,15-16H,2-5,8-9H2,1H3. The maximum Gasteiger partial charge on any atom is 0.261 e. The molecule has 148 valence electrons. The normalized spacial score (nSPS) is 16.8. The van der Waals surface area contributed by atoms with Crippen molar-refractivity contribution >= 4 is 39.8 Å². The Morgan fingerprint density at radius 1 is 1.30 bits per heavy atom. The molecular formula is C18H19ClF2O5S. The van der Waals surface area contributed by atoms with E-state index in [2.05, 4.69) is 0 Å². The Balaban J connectivity index is 2.42. The lowest BCUT2D eigenvalue weighted by Crippen LogP contribution is -2.35. The van der Waals surface area contributed by atoms with E-state index < -0.39 is 47.1 Å². The van der Waals surface area contributed by atoms with Crippen molar-refractivity contribution in [1.29, 1.82) is 0 Å². The van der Waals surface area contributed by atoms with Crippen LogP contribution in [0.5, 0.6) is 0 Å². The van der Waals surface area contributed by atoms with Gasteiger partial charge in [-0.1, -0.05) is 18.5 Å². The summed E-state index contributed by atoms with van der Waals surface area (Å²) in [7, 11) is -1.46. The number of alkyl halides is 2. The van der Waals surface area contributed by atoms with Crippen LogP contribution >= 0.6 is 11.6 Å². The van der Waals surface area contributed by atoms with Gasteiger partial charge in [0.25, 0.3) is 6.43 Å². The molecule has 0 radical (unpaired) electrons. The Hall–Kier alpha value is -1.51. The van der Waals surface area contributed by atoms with Gasteiger partial charge in [0.2, 0.25) is 0 Å². The van der Waals surface area contributed by atoms with Gasteiger partial charge < -0.3 is 4.74 Å². The van der Waals surface area contributed by atoms with Gasteiger partial charge in [0.1, 0.15) is 12.5 Å². The van der Waals surface area contributed by atoms with E-state index in [-0.39, 0.29) is 46.2 Å². The van der Waals surface area contributed by atoms with Crippen molar-refractivity contribution in [1.82, 2.24) is 0 Å². The lowest BCUT2D eigenvalue weighted by atomic mass is 9.81. The van der Waals surface area contributed by atoms with Crippen LogP contribution in [-0.4, -0.2) is 40.3 Å². The minimum Gasteiger partial charge on any atom is -0.371 e. The number of benzene rings is 1. The number of carbonyl (C=O) groups is 3. The largest absolute Gasteiger partial charge is 0.371 e. The molecule has 1 aliphatic rings. The summed E-state index contributed by atoms with van der Waals surface area (Å²) in [5.74, 6) is -2.77. The fourth-order valence-electron chi connectivity index (χ4n) is 2.90. The van der Waals surface area contributed by atoms with Crippen LogP contribution in [0.15, 0.2) is 17.0 Å². The number of ketones is 3. The Kier molecular flexibility index (Phi) is 7.76. The molecule has 0 saturated heterocycles. The first-order valence-electron chi connectivity index (χ1n) is 8.43. The second kappa shape index (κ2) is 9.61. The Bertz CT molecular complexity index is 765. The minimum absolute atomic E-state index is 0.0715. The molecule has 0 bridgehead atoms. The molecular weight excluding hydrogens is 402 g/mol. The first-order valence-corrected chi connectivity index (χ1v) is 10.1. The maximum atomic E-state index is 12.8. The molecule has 1 atom stereocenters. The summed E-state index contributed by atoms with van der Waals surface area (Å²) in [6.07, 6.45) is -1.99. The van der Waals surface area contributed by atoms with E-state index in [9.17, 15) is 27.4 Å². The van der Waals surface area contributed by atoms with Crippen LogP contribution in [-0.2, 0) is 31.7 Å². The van der Waals surface area contributed by atoms with Crippen LogP contribution in [0.2, 0.25) is 5.02 Å². The molecule has 1 fully saturated rings. The van der Waals surface area contributed by atoms with E-state index in [1.807, 2.05) is 0 Å². The number of ether oxygens (including phenoxy) is 1. The monoisotopic (exact) mass is 420 g/mol. The van der Waals surface area contributed by atoms with E-state index in [4.69, 9.17) is 16.3 Å². The predicted octanol–water partition coefficient (Wildman–Crippen LogP) is 3.37. The Labute approximate surface area is 162 Å². The van der Waals surface area contributed by atoms with E-state index in [0.717, 1.165) is 0 Å². The van der Waals surface area contributed by atoms with Gasteiger partial charge >= 0.3 is 0 Å². The molecule has 0 amide bonds. The van der Waals surface area contributed by atoms with E-state index in [0.29, 0.717) is 6.42 Å². The third-order valence-electron chi connectivity index (χ3n) is 4.22. The molecule has 1 aromatic rings. The topological polar surface area (TPSA) is 77.5 Å². The van der Waals surface area contributed by atoms with Crippen LogP contribution < -0.4 is 0 Å². The average Bonchev–Trinajstić information content (AvgIpc) is 2.61. The first kappa shape index (κ1) is 21.8. The van der Waals surface area contributed by atoms with E-state index >= 15 is 0 Å². The fourth-order valence-corrected chi connectivity index (χ4v) is 4.24.